The van der Waals surface area contributed by atoms with Crippen molar-refractivity contribution >= 4 is 21.6 Å². The summed E-state index contributed by atoms with van der Waals surface area (Å²) in [6.07, 6.45) is 4.09. The molecular weight excluding hydrogens is 416 g/mol. The number of rotatable bonds is 8. The number of nitrogens with zero attached hydrogens (tertiary/aromatic N) is 2. The number of sulfonamides is 1. The van der Waals surface area contributed by atoms with Crippen LogP contribution in [0, 0.1) is 6.92 Å². The fraction of sp³-hybridized carbons (Fsp3) is 0.435. The summed E-state index contributed by atoms with van der Waals surface area (Å²) in [5.74, 6) is 0.513. The summed E-state index contributed by atoms with van der Waals surface area (Å²) in [6, 6.07) is 11.7. The Morgan fingerprint density at radius 2 is 1.61 bits per heavy atom. The summed E-state index contributed by atoms with van der Waals surface area (Å²) in [6.45, 7) is 1.66. The highest BCUT2D eigenvalue weighted by atomic mass is 32.2. The van der Waals surface area contributed by atoms with E-state index in [9.17, 15) is 13.2 Å². The van der Waals surface area contributed by atoms with Gasteiger partial charge in [-0.1, -0.05) is 30.5 Å². The number of hydrogen-bond acceptors (Lipinski definition) is 5. The molecule has 1 aliphatic rings. The van der Waals surface area contributed by atoms with Crippen LogP contribution in [0.3, 0.4) is 0 Å². The predicted octanol–water partition coefficient (Wildman–Crippen LogP) is 3.61. The van der Waals surface area contributed by atoms with Crippen molar-refractivity contribution in [2.45, 2.75) is 43.5 Å². The van der Waals surface area contributed by atoms with Crippen LogP contribution in [0.5, 0.6) is 11.5 Å². The number of ether oxygens (including phenoxy) is 2. The number of hydrogen-bond donors (Lipinski definition) is 0. The van der Waals surface area contributed by atoms with E-state index in [0.717, 1.165) is 31.2 Å². The summed E-state index contributed by atoms with van der Waals surface area (Å²) in [4.78, 5) is 14.8. The largest absolute Gasteiger partial charge is 0.493 e. The van der Waals surface area contributed by atoms with Gasteiger partial charge in [-0.05, 0) is 44.0 Å². The van der Waals surface area contributed by atoms with Crippen LogP contribution in [-0.2, 0) is 14.8 Å². The lowest BCUT2D eigenvalue weighted by Gasteiger charge is -2.29. The van der Waals surface area contributed by atoms with Crippen LogP contribution in [0.25, 0.3) is 0 Å². The lowest BCUT2D eigenvalue weighted by Crippen LogP contribution is -2.44. The third-order valence-corrected chi connectivity index (χ3v) is 7.58. The molecule has 1 saturated carbocycles. The molecule has 2 aromatic rings. The minimum absolute atomic E-state index is 0.0297. The number of aryl methyl sites for hydroxylation is 1. The van der Waals surface area contributed by atoms with Gasteiger partial charge < -0.3 is 14.4 Å². The maximum Gasteiger partial charge on any atom is 0.264 e. The third-order valence-electron chi connectivity index (χ3n) is 5.81. The van der Waals surface area contributed by atoms with Gasteiger partial charge in [-0.15, -0.1) is 0 Å². The van der Waals surface area contributed by atoms with Crippen molar-refractivity contribution in [2.75, 3.05) is 32.1 Å². The Kier molecular flexibility index (Phi) is 7.10. The molecule has 7 nitrogen and oxygen atoms in total. The summed E-state index contributed by atoms with van der Waals surface area (Å²) in [5, 5.41) is 0. The number of carbonyl (C=O) groups is 1. The van der Waals surface area contributed by atoms with Gasteiger partial charge in [0.25, 0.3) is 10.0 Å². The second-order valence-corrected chi connectivity index (χ2v) is 9.67. The van der Waals surface area contributed by atoms with E-state index in [1.54, 1.807) is 30.1 Å². The van der Waals surface area contributed by atoms with Gasteiger partial charge in [0.2, 0.25) is 5.91 Å². The highest BCUT2D eigenvalue weighted by Crippen LogP contribution is 2.32. The summed E-state index contributed by atoms with van der Waals surface area (Å²) < 4.78 is 38.9. The molecule has 1 aliphatic carbocycles. The SMILES string of the molecule is COc1ccc(S(=O)(=O)N(CC(=O)N(C)C2CCCC2)c2ccc(C)cc2)cc1OC. The molecule has 1 fully saturated rings. The molecule has 2 aromatic carbocycles. The van der Waals surface area contributed by atoms with Crippen molar-refractivity contribution in [1.82, 2.24) is 4.90 Å². The zero-order chi connectivity index (χ0) is 22.6. The Balaban J connectivity index is 1.99. The predicted molar refractivity (Wildman–Crippen MR) is 120 cm³/mol. The second kappa shape index (κ2) is 9.60. The molecule has 8 heteroatoms. The average molecular weight is 447 g/mol. The quantitative estimate of drug-likeness (QED) is 0.619. The van der Waals surface area contributed by atoms with Crippen molar-refractivity contribution in [3.63, 3.8) is 0 Å². The van der Waals surface area contributed by atoms with Crippen LogP contribution >= 0.6 is 0 Å². The molecule has 0 N–H and O–H groups in total. The first-order valence-corrected chi connectivity index (χ1v) is 11.8. The van der Waals surface area contributed by atoms with Crippen molar-refractivity contribution in [3.8, 4) is 11.5 Å². The molecule has 0 bridgehead atoms. The summed E-state index contributed by atoms with van der Waals surface area (Å²) in [7, 11) is 0.671. The zero-order valence-corrected chi connectivity index (χ0v) is 19.3. The minimum atomic E-state index is -4.03. The molecule has 31 heavy (non-hydrogen) atoms. The highest BCUT2D eigenvalue weighted by Gasteiger charge is 2.31. The molecule has 0 radical (unpaired) electrons. The summed E-state index contributed by atoms with van der Waals surface area (Å²) >= 11 is 0. The van der Waals surface area contributed by atoms with Crippen LogP contribution < -0.4 is 13.8 Å². The highest BCUT2D eigenvalue weighted by molar-refractivity contribution is 7.92. The Bertz CT molecular complexity index is 1010. The Labute approximate surface area is 184 Å². The van der Waals surface area contributed by atoms with Crippen molar-refractivity contribution in [1.29, 1.82) is 0 Å². The van der Waals surface area contributed by atoms with Gasteiger partial charge >= 0.3 is 0 Å². The van der Waals surface area contributed by atoms with Gasteiger partial charge in [-0.2, -0.15) is 0 Å². The molecule has 168 valence electrons. The van der Waals surface area contributed by atoms with E-state index in [1.807, 2.05) is 19.1 Å². The second-order valence-electron chi connectivity index (χ2n) is 7.81. The van der Waals surface area contributed by atoms with Crippen molar-refractivity contribution in [2.24, 2.45) is 0 Å². The number of methoxy groups -OCH3 is 2. The Morgan fingerprint density at radius 1 is 1.00 bits per heavy atom. The van der Waals surface area contributed by atoms with E-state index in [0.29, 0.717) is 17.2 Å². The van der Waals surface area contributed by atoms with Crippen LogP contribution in [0.4, 0.5) is 5.69 Å². The fourth-order valence-corrected chi connectivity index (χ4v) is 5.29. The van der Waals surface area contributed by atoms with E-state index in [-0.39, 0.29) is 23.4 Å². The third kappa shape index (κ3) is 4.95. The first-order chi connectivity index (χ1) is 14.8. The van der Waals surface area contributed by atoms with E-state index in [1.165, 1.54) is 30.7 Å². The van der Waals surface area contributed by atoms with Gasteiger partial charge in [0.1, 0.15) is 6.54 Å². The number of likely N-dealkylation sites (N-methyl/N-ethyl adjacent to an activating group) is 1. The number of amides is 1. The summed E-state index contributed by atoms with van der Waals surface area (Å²) in [5.41, 5.74) is 1.44. The fourth-order valence-electron chi connectivity index (χ4n) is 3.86. The van der Waals surface area contributed by atoms with E-state index >= 15 is 0 Å². The van der Waals surface area contributed by atoms with Gasteiger partial charge in [-0.3, -0.25) is 9.10 Å². The molecular formula is C23H30N2O5S. The first kappa shape index (κ1) is 22.9. The number of anilines is 1. The smallest absolute Gasteiger partial charge is 0.264 e. The maximum atomic E-state index is 13.6. The molecule has 0 spiro atoms. The van der Waals surface area contributed by atoms with Crippen molar-refractivity contribution < 1.29 is 22.7 Å². The van der Waals surface area contributed by atoms with Crippen LogP contribution in [0.1, 0.15) is 31.2 Å². The minimum Gasteiger partial charge on any atom is -0.493 e. The van der Waals surface area contributed by atoms with E-state index in [4.69, 9.17) is 9.47 Å². The van der Waals surface area contributed by atoms with E-state index < -0.39 is 10.0 Å². The standard InChI is InChI=1S/C23H30N2O5S/c1-17-9-11-19(12-10-17)25(16-23(26)24(2)18-7-5-6-8-18)31(27,28)20-13-14-21(29-3)22(15-20)30-4/h9-15,18H,5-8,16H2,1-4H3. The number of carbonyl (C=O) groups excluding carboxylic acids is 1. The Hall–Kier alpha value is -2.74. The monoisotopic (exact) mass is 446 g/mol. The lowest BCUT2D eigenvalue weighted by atomic mass is 10.2. The molecule has 0 aromatic heterocycles. The van der Waals surface area contributed by atoms with Crippen LogP contribution in [0.2, 0.25) is 0 Å². The Morgan fingerprint density at radius 3 is 2.19 bits per heavy atom. The van der Waals surface area contributed by atoms with E-state index in [2.05, 4.69) is 0 Å². The topological polar surface area (TPSA) is 76.2 Å². The molecule has 3 rings (SSSR count). The average Bonchev–Trinajstić information content (AvgIpc) is 3.31. The van der Waals surface area contributed by atoms with Gasteiger partial charge in [-0.25, -0.2) is 8.42 Å². The lowest BCUT2D eigenvalue weighted by molar-refractivity contribution is -0.130. The maximum absolute atomic E-state index is 13.6. The van der Waals surface area contributed by atoms with Crippen LogP contribution in [0.15, 0.2) is 47.4 Å². The molecule has 0 atom stereocenters. The molecule has 1 amide bonds. The van der Waals surface area contributed by atoms with Crippen molar-refractivity contribution in [3.05, 3.63) is 48.0 Å². The zero-order valence-electron chi connectivity index (χ0n) is 18.5. The van der Waals surface area contributed by atoms with Gasteiger partial charge in [0.15, 0.2) is 11.5 Å². The molecule has 0 saturated heterocycles. The normalized spacial score (nSPS) is 14.3. The number of benzene rings is 2. The van der Waals surface area contributed by atoms with Crippen LogP contribution in [-0.4, -0.2) is 53.1 Å². The molecule has 0 unspecified atom stereocenters. The molecule has 0 heterocycles. The van der Waals surface area contributed by atoms with Gasteiger partial charge in [0, 0.05) is 19.2 Å². The van der Waals surface area contributed by atoms with Gasteiger partial charge in [0.05, 0.1) is 24.8 Å². The first-order valence-electron chi connectivity index (χ1n) is 10.3. The molecule has 0 aliphatic heterocycles.